The molecule has 0 N–H and O–H groups in total. The lowest BCUT2D eigenvalue weighted by Gasteiger charge is -2.14. The van der Waals surface area contributed by atoms with Gasteiger partial charge in [-0.25, -0.2) is 4.79 Å². The molecule has 0 saturated heterocycles. The maximum Gasteiger partial charge on any atom is 0.347 e. The normalized spacial score (nSPS) is 11.9. The molecule has 1 aromatic rings. The molecule has 1 aromatic heterocycles. The van der Waals surface area contributed by atoms with Crippen LogP contribution in [-0.4, -0.2) is 24.2 Å². The van der Waals surface area contributed by atoms with Gasteiger partial charge in [-0.2, -0.15) is 0 Å². The van der Waals surface area contributed by atoms with Gasteiger partial charge in [-0.1, -0.05) is 6.92 Å². The van der Waals surface area contributed by atoms with Gasteiger partial charge in [-0.15, -0.1) is 0 Å². The fraction of sp³-hybridized carbons (Fsp3) is 0.400. The maximum absolute atomic E-state index is 11.3. The number of ether oxygens (including phenoxy) is 2. The third kappa shape index (κ3) is 3.51. The Balaban J connectivity index is 2.70. The number of hydrogen-bond donors (Lipinski definition) is 0. The average molecular weight is 274 g/mol. The van der Waals surface area contributed by atoms with Gasteiger partial charge in [-0.05, 0) is 28.4 Å². The number of esters is 1. The van der Waals surface area contributed by atoms with E-state index in [1.165, 1.54) is 7.11 Å². The number of pyridine rings is 1. The van der Waals surface area contributed by atoms with E-state index in [1.54, 1.807) is 18.5 Å². The Morgan fingerprint density at radius 2 is 2.33 bits per heavy atom. The van der Waals surface area contributed by atoms with Crippen LogP contribution in [0, 0.1) is 0 Å². The number of halogens is 1. The van der Waals surface area contributed by atoms with Gasteiger partial charge in [0.25, 0.3) is 0 Å². The van der Waals surface area contributed by atoms with E-state index in [1.807, 2.05) is 6.92 Å². The quantitative estimate of drug-likeness (QED) is 0.789. The van der Waals surface area contributed by atoms with E-state index in [2.05, 4.69) is 25.7 Å². The monoisotopic (exact) mass is 273 g/mol. The Labute approximate surface area is 96.7 Å². The third-order valence-corrected chi connectivity index (χ3v) is 2.23. The van der Waals surface area contributed by atoms with Gasteiger partial charge < -0.3 is 9.47 Å². The fourth-order valence-corrected chi connectivity index (χ4v) is 1.39. The van der Waals surface area contributed by atoms with Crippen molar-refractivity contribution >= 4 is 21.9 Å². The molecule has 0 saturated carbocycles. The van der Waals surface area contributed by atoms with Crippen LogP contribution in [0.2, 0.25) is 0 Å². The molecule has 4 nitrogen and oxygen atoms in total. The molecule has 0 aliphatic heterocycles. The summed E-state index contributed by atoms with van der Waals surface area (Å²) >= 11 is 3.27. The minimum atomic E-state index is -0.578. The number of hydrogen-bond acceptors (Lipinski definition) is 4. The van der Waals surface area contributed by atoms with Crippen molar-refractivity contribution < 1.29 is 14.3 Å². The summed E-state index contributed by atoms with van der Waals surface area (Å²) in [5, 5.41) is 0. The van der Waals surface area contributed by atoms with Gasteiger partial charge in [0.2, 0.25) is 0 Å². The minimum absolute atomic E-state index is 0.377. The molecule has 0 aliphatic rings. The zero-order chi connectivity index (χ0) is 11.3. The molecule has 0 radical (unpaired) electrons. The van der Waals surface area contributed by atoms with Gasteiger partial charge in [-0.3, -0.25) is 4.98 Å². The van der Waals surface area contributed by atoms with Crippen molar-refractivity contribution in [3.63, 3.8) is 0 Å². The minimum Gasteiger partial charge on any atom is -0.477 e. The van der Waals surface area contributed by atoms with E-state index in [4.69, 9.17) is 4.74 Å². The van der Waals surface area contributed by atoms with E-state index in [0.29, 0.717) is 12.2 Å². The summed E-state index contributed by atoms with van der Waals surface area (Å²) in [6.07, 6.45) is 3.17. The Hall–Kier alpha value is -1.10. The molecule has 0 fully saturated rings. The first-order valence-electron chi connectivity index (χ1n) is 4.52. The number of carbonyl (C=O) groups excluding carboxylic acids is 1. The number of rotatable bonds is 4. The van der Waals surface area contributed by atoms with E-state index in [-0.39, 0.29) is 5.97 Å². The Morgan fingerprint density at radius 3 is 2.87 bits per heavy atom. The van der Waals surface area contributed by atoms with Crippen molar-refractivity contribution in [2.75, 3.05) is 7.11 Å². The summed E-state index contributed by atoms with van der Waals surface area (Å²) in [4.78, 5) is 15.2. The van der Waals surface area contributed by atoms with E-state index in [9.17, 15) is 4.79 Å². The molecule has 0 bridgehead atoms. The van der Waals surface area contributed by atoms with Crippen LogP contribution < -0.4 is 4.74 Å². The van der Waals surface area contributed by atoms with Gasteiger partial charge in [0.15, 0.2) is 6.10 Å². The van der Waals surface area contributed by atoms with Gasteiger partial charge in [0.05, 0.1) is 13.3 Å². The summed E-state index contributed by atoms with van der Waals surface area (Å²) in [6, 6.07) is 1.75. The number of methoxy groups -OCH3 is 1. The van der Waals surface area contributed by atoms with Gasteiger partial charge >= 0.3 is 5.97 Å². The number of carbonyl (C=O) groups is 1. The maximum atomic E-state index is 11.3. The number of nitrogens with zero attached hydrogens (tertiary/aromatic N) is 1. The molecular formula is C10H12BrNO3. The fourth-order valence-electron chi connectivity index (χ4n) is 1.05. The first-order valence-corrected chi connectivity index (χ1v) is 5.31. The molecule has 0 amide bonds. The first kappa shape index (κ1) is 12.0. The lowest BCUT2D eigenvalue weighted by Crippen LogP contribution is -2.27. The van der Waals surface area contributed by atoms with Crippen molar-refractivity contribution in [2.24, 2.45) is 0 Å². The predicted molar refractivity (Wildman–Crippen MR) is 58.7 cm³/mol. The summed E-state index contributed by atoms with van der Waals surface area (Å²) in [5.74, 6) is 0.166. The van der Waals surface area contributed by atoms with Gasteiger partial charge in [0.1, 0.15) is 5.75 Å². The lowest BCUT2D eigenvalue weighted by molar-refractivity contribution is -0.148. The molecule has 1 heterocycles. The Bertz CT molecular complexity index is 343. The van der Waals surface area contributed by atoms with E-state index >= 15 is 0 Å². The smallest absolute Gasteiger partial charge is 0.347 e. The lowest BCUT2D eigenvalue weighted by atomic mass is 10.3. The molecular weight excluding hydrogens is 262 g/mol. The highest BCUT2D eigenvalue weighted by Crippen LogP contribution is 2.18. The van der Waals surface area contributed by atoms with Crippen LogP contribution in [0.15, 0.2) is 22.9 Å². The molecule has 82 valence electrons. The highest BCUT2D eigenvalue weighted by atomic mass is 79.9. The van der Waals surface area contributed by atoms with Crippen molar-refractivity contribution in [3.8, 4) is 5.75 Å². The second kappa shape index (κ2) is 5.70. The van der Waals surface area contributed by atoms with Crippen LogP contribution in [0.5, 0.6) is 5.75 Å². The van der Waals surface area contributed by atoms with Crippen LogP contribution >= 0.6 is 15.9 Å². The van der Waals surface area contributed by atoms with Crippen LogP contribution in [0.1, 0.15) is 13.3 Å². The van der Waals surface area contributed by atoms with Gasteiger partial charge in [0, 0.05) is 10.7 Å². The highest BCUT2D eigenvalue weighted by Gasteiger charge is 2.18. The van der Waals surface area contributed by atoms with Crippen molar-refractivity contribution in [2.45, 2.75) is 19.4 Å². The van der Waals surface area contributed by atoms with E-state index < -0.39 is 6.10 Å². The summed E-state index contributed by atoms with van der Waals surface area (Å²) in [6.45, 7) is 1.85. The van der Waals surface area contributed by atoms with Crippen molar-refractivity contribution in [3.05, 3.63) is 22.9 Å². The largest absolute Gasteiger partial charge is 0.477 e. The molecule has 1 atom stereocenters. The second-order valence-corrected chi connectivity index (χ2v) is 3.79. The molecule has 1 unspecified atom stereocenters. The predicted octanol–water partition coefficient (Wildman–Crippen LogP) is 2.17. The SMILES string of the molecule is CCC(Oc1cncc(Br)c1)C(=O)OC. The highest BCUT2D eigenvalue weighted by molar-refractivity contribution is 9.10. The summed E-state index contributed by atoms with van der Waals surface area (Å²) in [5.41, 5.74) is 0. The Morgan fingerprint density at radius 1 is 1.60 bits per heavy atom. The Kier molecular flexibility index (Phi) is 4.55. The number of aromatic nitrogens is 1. The summed E-state index contributed by atoms with van der Waals surface area (Å²) in [7, 11) is 1.34. The van der Waals surface area contributed by atoms with Crippen molar-refractivity contribution in [1.29, 1.82) is 0 Å². The first-order chi connectivity index (χ1) is 7.17. The van der Waals surface area contributed by atoms with Crippen LogP contribution in [-0.2, 0) is 9.53 Å². The molecule has 5 heteroatoms. The zero-order valence-electron chi connectivity index (χ0n) is 8.57. The topological polar surface area (TPSA) is 48.4 Å². The molecule has 0 aliphatic carbocycles. The summed E-state index contributed by atoms with van der Waals surface area (Å²) < 4.78 is 10.8. The molecule has 15 heavy (non-hydrogen) atoms. The molecule has 0 aromatic carbocycles. The standard InChI is InChI=1S/C10H12BrNO3/c1-3-9(10(13)14-2)15-8-4-7(11)5-12-6-8/h4-6,9H,3H2,1-2H3. The zero-order valence-corrected chi connectivity index (χ0v) is 10.2. The second-order valence-electron chi connectivity index (χ2n) is 2.88. The molecule has 1 rings (SSSR count). The molecule has 0 spiro atoms. The van der Waals surface area contributed by atoms with E-state index in [0.717, 1.165) is 4.47 Å². The van der Waals surface area contributed by atoms with Crippen LogP contribution in [0.25, 0.3) is 0 Å². The van der Waals surface area contributed by atoms with Crippen molar-refractivity contribution in [1.82, 2.24) is 4.98 Å². The van der Waals surface area contributed by atoms with Crippen LogP contribution in [0.3, 0.4) is 0 Å². The average Bonchev–Trinajstić information content (AvgIpc) is 2.25. The van der Waals surface area contributed by atoms with Crippen LogP contribution in [0.4, 0.5) is 0 Å². The third-order valence-electron chi connectivity index (χ3n) is 1.79.